The van der Waals surface area contributed by atoms with E-state index in [1.165, 1.54) is 148 Å². The van der Waals surface area contributed by atoms with Crippen molar-refractivity contribution >= 4 is 11.9 Å². The van der Waals surface area contributed by atoms with Gasteiger partial charge in [0.2, 0.25) is 0 Å². The lowest BCUT2D eigenvalue weighted by molar-refractivity contribution is -0.161. The number of carbonyl (C=O) groups excluding carboxylic acids is 2. The van der Waals surface area contributed by atoms with Crippen LogP contribution in [0.3, 0.4) is 0 Å². The lowest BCUT2D eigenvalue weighted by atomic mass is 10.0. The van der Waals surface area contributed by atoms with E-state index in [1.807, 2.05) is 0 Å². The first kappa shape index (κ1) is 77.5. The molecule has 0 saturated carbocycles. The SMILES string of the molecule is CC/C=C\C/C=C\C/C=C\C/C=C\C/C=C\C/C=C\C/C=C\C/C=C\CCCCCCCCCCCCC(=O)OC(CO)COC(=O)CCCCCCCCCCCCCCCCCCC/C=C\C/C=C\C/C=C\C/C=C\C/C=C\CC. The van der Waals surface area contributed by atoms with Crippen molar-refractivity contribution in [3.05, 3.63) is 158 Å². The van der Waals surface area contributed by atoms with Gasteiger partial charge in [0, 0.05) is 12.8 Å². The first-order valence-electron chi connectivity index (χ1n) is 34.0. The van der Waals surface area contributed by atoms with Gasteiger partial charge in [0.1, 0.15) is 6.61 Å². The summed E-state index contributed by atoms with van der Waals surface area (Å²) in [6, 6.07) is 0. The van der Waals surface area contributed by atoms with Gasteiger partial charge >= 0.3 is 11.9 Å². The van der Waals surface area contributed by atoms with Gasteiger partial charge in [0.05, 0.1) is 6.61 Å². The standard InChI is InChI=1S/C77H126O5/c1-3-5-7-9-11-13-15-17-19-21-23-25-27-29-31-33-35-37-38-40-42-44-46-48-50-52-54-56-58-60-62-64-66-68-70-72-77(80)82-75(73-78)74-81-76(79)71-69-67-65-63-61-59-57-55-53-51-49-47-45-43-41-39-36-34-32-30-28-26-24-22-20-18-16-14-12-10-8-6-4-2/h5-8,11-14,17-20,23-26,29-32,35,37,40,42,46,48,75,78H,3-4,9-10,15-16,21-22,27-28,33-34,36,38-39,41,43-45,47,49-74H2,1-2H3/b7-5-,8-6-,13-11-,14-12-,19-17-,20-18-,25-23-,26-24-,31-29-,32-30-,37-35-,42-40-,48-46-. The van der Waals surface area contributed by atoms with E-state index in [2.05, 4.69) is 172 Å². The molecule has 0 aromatic rings. The van der Waals surface area contributed by atoms with Crippen LogP contribution in [0.1, 0.15) is 296 Å². The fraction of sp³-hybridized carbons (Fsp3) is 0.636. The third-order valence-electron chi connectivity index (χ3n) is 14.3. The smallest absolute Gasteiger partial charge is 0.306 e. The molecule has 1 unspecified atom stereocenters. The predicted molar refractivity (Wildman–Crippen MR) is 361 cm³/mol. The number of allylic oxidation sites excluding steroid dienone is 26. The fourth-order valence-electron chi connectivity index (χ4n) is 9.31. The number of unbranched alkanes of at least 4 members (excludes halogenated alkanes) is 27. The molecule has 0 amide bonds. The molecule has 0 aromatic carbocycles. The van der Waals surface area contributed by atoms with Crippen LogP contribution < -0.4 is 0 Å². The monoisotopic (exact) mass is 1130 g/mol. The molecule has 0 aliphatic heterocycles. The van der Waals surface area contributed by atoms with Crippen molar-refractivity contribution in [1.82, 2.24) is 0 Å². The van der Waals surface area contributed by atoms with Gasteiger partial charge in [-0.2, -0.15) is 0 Å². The van der Waals surface area contributed by atoms with E-state index in [1.54, 1.807) is 0 Å². The summed E-state index contributed by atoms with van der Waals surface area (Å²) in [4.78, 5) is 24.7. The minimum absolute atomic E-state index is 0.0737. The van der Waals surface area contributed by atoms with E-state index >= 15 is 0 Å². The number of hydrogen-bond acceptors (Lipinski definition) is 5. The molecule has 0 rings (SSSR count). The number of carbonyl (C=O) groups is 2. The molecule has 0 aromatic heterocycles. The lowest BCUT2D eigenvalue weighted by Crippen LogP contribution is -2.28. The third-order valence-corrected chi connectivity index (χ3v) is 14.3. The zero-order valence-corrected chi connectivity index (χ0v) is 53.2. The Bertz CT molecular complexity index is 1760. The summed E-state index contributed by atoms with van der Waals surface area (Å²) in [6.07, 6.45) is 108. The number of ether oxygens (including phenoxy) is 2. The Labute approximate surface area is 507 Å². The Balaban J connectivity index is 3.52. The van der Waals surface area contributed by atoms with Crippen LogP contribution in [0.15, 0.2) is 158 Å². The molecule has 1 atom stereocenters. The normalized spacial score (nSPS) is 13.3. The molecule has 0 bridgehead atoms. The molecule has 0 heterocycles. The van der Waals surface area contributed by atoms with Gasteiger partial charge in [-0.3, -0.25) is 9.59 Å². The molecule has 0 aliphatic rings. The molecule has 1 N–H and O–H groups in total. The van der Waals surface area contributed by atoms with Gasteiger partial charge < -0.3 is 14.6 Å². The van der Waals surface area contributed by atoms with Gasteiger partial charge in [-0.25, -0.2) is 0 Å². The molecule has 82 heavy (non-hydrogen) atoms. The van der Waals surface area contributed by atoms with E-state index < -0.39 is 6.10 Å². The van der Waals surface area contributed by atoms with Crippen LogP contribution in [0, 0.1) is 0 Å². The highest BCUT2D eigenvalue weighted by atomic mass is 16.6. The minimum atomic E-state index is -0.785. The molecule has 0 fully saturated rings. The lowest BCUT2D eigenvalue weighted by Gasteiger charge is -2.15. The van der Waals surface area contributed by atoms with Crippen molar-refractivity contribution in [3.8, 4) is 0 Å². The van der Waals surface area contributed by atoms with Crippen molar-refractivity contribution in [3.63, 3.8) is 0 Å². The molecule has 0 spiro atoms. The summed E-state index contributed by atoms with van der Waals surface area (Å²) >= 11 is 0. The number of aliphatic hydroxyl groups excluding tert-OH is 1. The summed E-state index contributed by atoms with van der Waals surface area (Å²) in [5.41, 5.74) is 0. The third kappa shape index (κ3) is 68.0. The quantitative estimate of drug-likeness (QED) is 0.0373. The zero-order chi connectivity index (χ0) is 59.1. The van der Waals surface area contributed by atoms with E-state index in [0.29, 0.717) is 12.8 Å². The molecule has 0 saturated heterocycles. The average molecular weight is 1130 g/mol. The van der Waals surface area contributed by atoms with Crippen LogP contribution in [0.5, 0.6) is 0 Å². The van der Waals surface area contributed by atoms with Crippen LogP contribution in [-0.4, -0.2) is 36.4 Å². The Kier molecular flexibility index (Phi) is 66.9. The molecular weight excluding hydrogens is 1000 g/mol. The highest BCUT2D eigenvalue weighted by molar-refractivity contribution is 5.70. The topological polar surface area (TPSA) is 72.8 Å². The molecule has 5 nitrogen and oxygen atoms in total. The second-order valence-corrected chi connectivity index (χ2v) is 22.1. The minimum Gasteiger partial charge on any atom is -0.462 e. The highest BCUT2D eigenvalue weighted by Gasteiger charge is 2.16. The molecular formula is C77H126O5. The van der Waals surface area contributed by atoms with Gasteiger partial charge in [0.15, 0.2) is 6.10 Å². The zero-order valence-electron chi connectivity index (χ0n) is 53.2. The summed E-state index contributed by atoms with van der Waals surface area (Å²) in [5.74, 6) is -0.595. The molecule has 5 heteroatoms. The number of esters is 2. The van der Waals surface area contributed by atoms with Crippen LogP contribution in [-0.2, 0) is 19.1 Å². The van der Waals surface area contributed by atoms with Crippen molar-refractivity contribution in [2.75, 3.05) is 13.2 Å². The Hall–Kier alpha value is -4.48. The first-order valence-corrected chi connectivity index (χ1v) is 34.0. The Morgan fingerprint density at radius 2 is 0.488 bits per heavy atom. The molecule has 0 radical (unpaired) electrons. The largest absolute Gasteiger partial charge is 0.462 e. The van der Waals surface area contributed by atoms with Crippen LogP contribution in [0.2, 0.25) is 0 Å². The Morgan fingerprint density at radius 3 is 0.732 bits per heavy atom. The van der Waals surface area contributed by atoms with Crippen molar-refractivity contribution < 1.29 is 24.2 Å². The number of aliphatic hydroxyl groups is 1. The average Bonchev–Trinajstić information content (AvgIpc) is 3.49. The molecule has 464 valence electrons. The number of rotatable bonds is 61. The second-order valence-electron chi connectivity index (χ2n) is 22.1. The predicted octanol–water partition coefficient (Wildman–Crippen LogP) is 23.9. The Morgan fingerprint density at radius 1 is 0.280 bits per heavy atom. The van der Waals surface area contributed by atoms with Crippen LogP contribution in [0.25, 0.3) is 0 Å². The van der Waals surface area contributed by atoms with E-state index in [4.69, 9.17) is 9.47 Å². The number of hydrogen-bond donors (Lipinski definition) is 1. The van der Waals surface area contributed by atoms with Crippen molar-refractivity contribution in [2.24, 2.45) is 0 Å². The highest BCUT2D eigenvalue weighted by Crippen LogP contribution is 2.17. The maximum atomic E-state index is 12.4. The summed E-state index contributed by atoms with van der Waals surface area (Å²) in [6.45, 7) is 3.92. The van der Waals surface area contributed by atoms with E-state index in [0.717, 1.165) is 122 Å². The van der Waals surface area contributed by atoms with Gasteiger partial charge in [-0.1, -0.05) is 320 Å². The van der Waals surface area contributed by atoms with Crippen LogP contribution in [0.4, 0.5) is 0 Å². The van der Waals surface area contributed by atoms with Gasteiger partial charge in [0.25, 0.3) is 0 Å². The summed E-state index contributed by atoms with van der Waals surface area (Å²) in [5, 5.41) is 9.70. The van der Waals surface area contributed by atoms with Crippen molar-refractivity contribution in [1.29, 1.82) is 0 Å². The van der Waals surface area contributed by atoms with Gasteiger partial charge in [-0.05, 0) is 122 Å². The fourth-order valence-corrected chi connectivity index (χ4v) is 9.31. The maximum absolute atomic E-state index is 12.4. The van der Waals surface area contributed by atoms with Crippen molar-refractivity contribution in [2.45, 2.75) is 302 Å². The first-order chi connectivity index (χ1) is 40.6. The van der Waals surface area contributed by atoms with E-state index in [-0.39, 0.29) is 25.2 Å². The summed E-state index contributed by atoms with van der Waals surface area (Å²) < 4.78 is 10.8. The summed E-state index contributed by atoms with van der Waals surface area (Å²) in [7, 11) is 0. The maximum Gasteiger partial charge on any atom is 0.306 e. The molecule has 0 aliphatic carbocycles. The second kappa shape index (κ2) is 70.8. The van der Waals surface area contributed by atoms with Crippen LogP contribution >= 0.6 is 0 Å². The van der Waals surface area contributed by atoms with Gasteiger partial charge in [-0.15, -0.1) is 0 Å². The van der Waals surface area contributed by atoms with E-state index in [9.17, 15) is 14.7 Å².